The predicted octanol–water partition coefficient (Wildman–Crippen LogP) is 2.39. The smallest absolute Gasteiger partial charge is 0.0470 e. The minimum absolute atomic E-state index is 0.786. The number of methoxy groups -OCH3 is 1. The van der Waals surface area contributed by atoms with Crippen molar-refractivity contribution in [3.63, 3.8) is 0 Å². The highest BCUT2D eigenvalue weighted by atomic mass is 32.2. The highest BCUT2D eigenvalue weighted by molar-refractivity contribution is 7.99. The summed E-state index contributed by atoms with van der Waals surface area (Å²) in [5, 5.41) is 3.45. The maximum atomic E-state index is 5.00. The van der Waals surface area contributed by atoms with Crippen LogP contribution in [0.4, 0.5) is 0 Å². The van der Waals surface area contributed by atoms with Crippen LogP contribution in [0.1, 0.15) is 26.7 Å². The van der Waals surface area contributed by atoms with Crippen molar-refractivity contribution in [3.8, 4) is 0 Å². The van der Waals surface area contributed by atoms with E-state index >= 15 is 0 Å². The largest absolute Gasteiger partial charge is 0.385 e. The zero-order chi connectivity index (χ0) is 10.6. The third kappa shape index (κ3) is 10.4. The van der Waals surface area contributed by atoms with Crippen molar-refractivity contribution in [3.05, 3.63) is 0 Å². The lowest BCUT2D eigenvalue weighted by molar-refractivity contribution is 0.200. The van der Waals surface area contributed by atoms with Gasteiger partial charge in [0.15, 0.2) is 0 Å². The van der Waals surface area contributed by atoms with E-state index in [1.807, 2.05) is 11.8 Å². The fourth-order valence-corrected chi connectivity index (χ4v) is 2.18. The maximum absolute atomic E-state index is 5.00. The maximum Gasteiger partial charge on any atom is 0.0470 e. The molecule has 2 nitrogen and oxygen atoms in total. The molecule has 0 heterocycles. The van der Waals surface area contributed by atoms with E-state index in [-0.39, 0.29) is 0 Å². The average molecular weight is 219 g/mol. The molecular weight excluding hydrogens is 194 g/mol. The summed E-state index contributed by atoms with van der Waals surface area (Å²) >= 11 is 2.04. The molecule has 0 aromatic heterocycles. The molecule has 0 aliphatic heterocycles. The van der Waals surface area contributed by atoms with Crippen molar-refractivity contribution in [1.29, 1.82) is 0 Å². The minimum atomic E-state index is 0.786. The topological polar surface area (TPSA) is 21.3 Å². The van der Waals surface area contributed by atoms with E-state index in [9.17, 15) is 0 Å². The summed E-state index contributed by atoms with van der Waals surface area (Å²) in [6, 6.07) is 0. The summed E-state index contributed by atoms with van der Waals surface area (Å²) in [6.07, 6.45) is 2.41. The van der Waals surface area contributed by atoms with Crippen molar-refractivity contribution >= 4 is 11.8 Å². The van der Waals surface area contributed by atoms with Crippen LogP contribution in [0.2, 0.25) is 0 Å². The van der Waals surface area contributed by atoms with Crippen molar-refractivity contribution in [1.82, 2.24) is 5.32 Å². The molecule has 0 spiro atoms. The van der Waals surface area contributed by atoms with Crippen LogP contribution in [-0.2, 0) is 4.74 Å². The number of nitrogens with one attached hydrogen (secondary N) is 1. The first-order chi connectivity index (χ1) is 6.81. The number of hydrogen-bond donors (Lipinski definition) is 1. The summed E-state index contributed by atoms with van der Waals surface area (Å²) in [4.78, 5) is 0. The molecule has 1 atom stereocenters. The van der Waals surface area contributed by atoms with Gasteiger partial charge < -0.3 is 10.1 Å². The molecule has 14 heavy (non-hydrogen) atoms. The van der Waals surface area contributed by atoms with Crippen LogP contribution in [0, 0.1) is 5.92 Å². The molecular formula is C11H25NOS. The van der Waals surface area contributed by atoms with Crippen LogP contribution in [0.15, 0.2) is 0 Å². The lowest BCUT2D eigenvalue weighted by Crippen LogP contribution is -2.23. The van der Waals surface area contributed by atoms with E-state index in [1.165, 1.54) is 24.3 Å². The fourth-order valence-electron chi connectivity index (χ4n) is 1.17. The van der Waals surface area contributed by atoms with Gasteiger partial charge in [-0.3, -0.25) is 0 Å². The van der Waals surface area contributed by atoms with Crippen LogP contribution in [0.25, 0.3) is 0 Å². The molecule has 0 bridgehead atoms. The lowest BCUT2D eigenvalue weighted by Gasteiger charge is -2.11. The van der Waals surface area contributed by atoms with Gasteiger partial charge in [-0.15, -0.1) is 0 Å². The second kappa shape index (κ2) is 11.3. The lowest BCUT2D eigenvalue weighted by atomic mass is 10.2. The van der Waals surface area contributed by atoms with Crippen LogP contribution in [0.3, 0.4) is 0 Å². The third-order valence-electron chi connectivity index (χ3n) is 1.96. The van der Waals surface area contributed by atoms with Gasteiger partial charge in [0.05, 0.1) is 0 Å². The first kappa shape index (κ1) is 14.3. The van der Waals surface area contributed by atoms with Crippen LogP contribution in [0.5, 0.6) is 0 Å². The van der Waals surface area contributed by atoms with Crippen LogP contribution < -0.4 is 5.32 Å². The normalized spacial score (nSPS) is 13.1. The molecule has 0 saturated heterocycles. The Labute approximate surface area is 93.2 Å². The van der Waals surface area contributed by atoms with Gasteiger partial charge in [-0.1, -0.05) is 13.8 Å². The Bertz CT molecular complexity index is 111. The van der Waals surface area contributed by atoms with Gasteiger partial charge in [0.25, 0.3) is 0 Å². The Morgan fingerprint density at radius 3 is 2.86 bits per heavy atom. The molecule has 1 N–H and O–H groups in total. The van der Waals surface area contributed by atoms with Gasteiger partial charge >= 0.3 is 0 Å². The van der Waals surface area contributed by atoms with Crippen LogP contribution in [-0.4, -0.2) is 38.3 Å². The molecule has 0 aliphatic carbocycles. The van der Waals surface area contributed by atoms with E-state index in [0.29, 0.717) is 0 Å². The molecule has 0 fully saturated rings. The monoisotopic (exact) mass is 219 g/mol. The molecule has 0 saturated carbocycles. The first-order valence-electron chi connectivity index (χ1n) is 5.58. The number of ether oxygens (including phenoxy) is 1. The Balaban J connectivity index is 3.06. The van der Waals surface area contributed by atoms with E-state index < -0.39 is 0 Å². The van der Waals surface area contributed by atoms with Gasteiger partial charge in [-0.25, -0.2) is 0 Å². The highest BCUT2D eigenvalue weighted by Gasteiger charge is 2.00. The molecule has 86 valence electrons. The Kier molecular flexibility index (Phi) is 11.6. The number of hydrogen-bond acceptors (Lipinski definition) is 3. The minimum Gasteiger partial charge on any atom is -0.385 e. The summed E-state index contributed by atoms with van der Waals surface area (Å²) in [6.45, 7) is 7.72. The Hall–Kier alpha value is 0.270. The summed E-state index contributed by atoms with van der Waals surface area (Å²) in [5.74, 6) is 3.28. The summed E-state index contributed by atoms with van der Waals surface area (Å²) in [7, 11) is 1.77. The Morgan fingerprint density at radius 2 is 2.21 bits per heavy atom. The Morgan fingerprint density at radius 1 is 1.43 bits per heavy atom. The molecule has 1 unspecified atom stereocenters. The van der Waals surface area contributed by atoms with Crippen molar-refractivity contribution in [2.24, 2.45) is 5.92 Å². The summed E-state index contributed by atoms with van der Waals surface area (Å²) in [5.41, 5.74) is 0. The fraction of sp³-hybridized carbons (Fsp3) is 1.00. The second-order valence-corrected chi connectivity index (χ2v) is 4.88. The summed E-state index contributed by atoms with van der Waals surface area (Å²) < 4.78 is 5.00. The molecule has 0 rings (SSSR count). The van der Waals surface area contributed by atoms with Crippen molar-refractivity contribution in [2.75, 3.05) is 38.3 Å². The standard InChI is InChI=1S/C11H25NOS/c1-4-6-12-9-11(2)10-14-8-5-7-13-3/h11-12H,4-10H2,1-3H3. The van der Waals surface area contributed by atoms with Gasteiger partial charge in [-0.05, 0) is 43.4 Å². The zero-order valence-corrected chi connectivity index (χ0v) is 10.7. The first-order valence-corrected chi connectivity index (χ1v) is 6.74. The average Bonchev–Trinajstić information content (AvgIpc) is 2.18. The molecule has 0 aliphatic rings. The number of thioether (sulfide) groups is 1. The van der Waals surface area contributed by atoms with Gasteiger partial charge in [0.1, 0.15) is 0 Å². The number of rotatable bonds is 10. The van der Waals surface area contributed by atoms with Gasteiger partial charge in [0.2, 0.25) is 0 Å². The van der Waals surface area contributed by atoms with Crippen molar-refractivity contribution < 1.29 is 4.74 Å². The van der Waals surface area contributed by atoms with Gasteiger partial charge in [0, 0.05) is 13.7 Å². The molecule has 3 heteroatoms. The van der Waals surface area contributed by atoms with E-state index in [2.05, 4.69) is 19.2 Å². The van der Waals surface area contributed by atoms with E-state index in [0.717, 1.165) is 25.6 Å². The quantitative estimate of drug-likeness (QED) is 0.570. The predicted molar refractivity (Wildman–Crippen MR) is 66.1 cm³/mol. The molecule has 0 aromatic carbocycles. The molecule has 0 radical (unpaired) electrons. The van der Waals surface area contributed by atoms with Crippen molar-refractivity contribution in [2.45, 2.75) is 26.7 Å². The van der Waals surface area contributed by atoms with Crippen LogP contribution >= 0.6 is 11.8 Å². The highest BCUT2D eigenvalue weighted by Crippen LogP contribution is 2.08. The van der Waals surface area contributed by atoms with Gasteiger partial charge in [-0.2, -0.15) is 11.8 Å². The van der Waals surface area contributed by atoms with E-state index in [1.54, 1.807) is 7.11 Å². The van der Waals surface area contributed by atoms with E-state index in [4.69, 9.17) is 4.74 Å². The SMILES string of the molecule is CCCNCC(C)CSCCCOC. The molecule has 0 aromatic rings. The molecule has 0 amide bonds. The second-order valence-electron chi connectivity index (χ2n) is 3.73. The zero-order valence-electron chi connectivity index (χ0n) is 9.84. The third-order valence-corrected chi connectivity index (χ3v) is 3.34.